The minimum atomic E-state index is -0.511. The molecule has 0 saturated carbocycles. The van der Waals surface area contributed by atoms with Gasteiger partial charge in [0.2, 0.25) is 5.91 Å². The third-order valence-corrected chi connectivity index (χ3v) is 4.94. The SMILES string of the molecule is C=C/C=C(\C=C)OCC(=O)N1CCC2(CC1)C(=O)Nc1ccccc12. The Hall–Kier alpha value is -2.82. The first-order valence-corrected chi connectivity index (χ1v) is 8.37. The molecule has 1 aromatic carbocycles. The van der Waals surface area contributed by atoms with E-state index in [1.807, 2.05) is 24.3 Å². The van der Waals surface area contributed by atoms with Crippen LogP contribution in [0.4, 0.5) is 5.69 Å². The third kappa shape index (κ3) is 3.09. The number of ether oxygens (including phenoxy) is 1. The van der Waals surface area contributed by atoms with E-state index in [2.05, 4.69) is 18.5 Å². The first-order valence-electron chi connectivity index (χ1n) is 8.37. The molecule has 2 heterocycles. The van der Waals surface area contributed by atoms with E-state index >= 15 is 0 Å². The molecule has 1 spiro atoms. The molecule has 0 aromatic heterocycles. The largest absolute Gasteiger partial charge is 0.484 e. The molecule has 5 nitrogen and oxygen atoms in total. The van der Waals surface area contributed by atoms with Gasteiger partial charge in [-0.1, -0.05) is 37.4 Å². The highest BCUT2D eigenvalue weighted by atomic mass is 16.5. The van der Waals surface area contributed by atoms with Crippen LogP contribution in [0.3, 0.4) is 0 Å². The minimum absolute atomic E-state index is 0.0402. The van der Waals surface area contributed by atoms with E-state index in [4.69, 9.17) is 4.74 Å². The van der Waals surface area contributed by atoms with E-state index in [0.717, 1.165) is 11.3 Å². The van der Waals surface area contributed by atoms with E-state index in [1.165, 1.54) is 0 Å². The zero-order chi connectivity index (χ0) is 17.9. The average Bonchev–Trinajstić information content (AvgIpc) is 2.91. The number of anilines is 1. The second-order valence-corrected chi connectivity index (χ2v) is 6.26. The number of fused-ring (bicyclic) bond motifs is 2. The van der Waals surface area contributed by atoms with E-state index in [1.54, 1.807) is 23.1 Å². The molecule has 1 aromatic rings. The molecule has 1 saturated heterocycles. The van der Waals surface area contributed by atoms with Crippen molar-refractivity contribution in [3.05, 3.63) is 67.0 Å². The first kappa shape index (κ1) is 17.0. The standard InChI is InChI=1S/C20H22N2O3/c1-3-7-15(4-2)25-14-18(23)22-12-10-20(11-13-22)16-8-5-6-9-17(16)21-19(20)24/h3-9H,1-2,10-14H2,(H,21,24)/b15-7+. The lowest BCUT2D eigenvalue weighted by Crippen LogP contribution is -2.49. The maximum absolute atomic E-state index is 12.5. The number of carbonyl (C=O) groups is 2. The number of nitrogens with one attached hydrogen (secondary N) is 1. The van der Waals surface area contributed by atoms with Crippen LogP contribution in [0.2, 0.25) is 0 Å². The Balaban J connectivity index is 1.63. The second-order valence-electron chi connectivity index (χ2n) is 6.26. The zero-order valence-corrected chi connectivity index (χ0v) is 14.2. The Labute approximate surface area is 147 Å². The molecule has 3 rings (SSSR count). The molecular formula is C20H22N2O3. The number of piperidine rings is 1. The summed E-state index contributed by atoms with van der Waals surface area (Å²) in [5, 5.41) is 2.97. The van der Waals surface area contributed by atoms with Crippen molar-refractivity contribution >= 4 is 17.5 Å². The maximum Gasteiger partial charge on any atom is 0.260 e. The van der Waals surface area contributed by atoms with Crippen LogP contribution in [0.25, 0.3) is 0 Å². The lowest BCUT2D eigenvalue weighted by Gasteiger charge is -2.37. The number of carbonyl (C=O) groups excluding carboxylic acids is 2. The fraction of sp³-hybridized carbons (Fsp3) is 0.300. The molecule has 2 amide bonds. The number of likely N-dealkylation sites (tertiary alicyclic amines) is 1. The number of allylic oxidation sites excluding steroid dienone is 3. The molecule has 1 fully saturated rings. The van der Waals surface area contributed by atoms with Gasteiger partial charge >= 0.3 is 0 Å². The summed E-state index contributed by atoms with van der Waals surface area (Å²) in [5.74, 6) is 0.471. The van der Waals surface area contributed by atoms with Crippen LogP contribution in [0, 0.1) is 0 Å². The minimum Gasteiger partial charge on any atom is -0.484 e. The summed E-state index contributed by atoms with van der Waals surface area (Å²) in [6.45, 7) is 8.27. The summed E-state index contributed by atoms with van der Waals surface area (Å²) in [6, 6.07) is 7.80. The smallest absolute Gasteiger partial charge is 0.260 e. The number of nitrogens with zero attached hydrogens (tertiary/aromatic N) is 1. The number of amides is 2. The molecule has 130 valence electrons. The van der Waals surface area contributed by atoms with Crippen LogP contribution in [0.1, 0.15) is 18.4 Å². The fourth-order valence-corrected chi connectivity index (χ4v) is 3.54. The molecule has 0 radical (unpaired) electrons. The predicted molar refractivity (Wildman–Crippen MR) is 97.0 cm³/mol. The topological polar surface area (TPSA) is 58.6 Å². The quantitative estimate of drug-likeness (QED) is 0.663. The lowest BCUT2D eigenvalue weighted by molar-refractivity contribution is -0.138. The van der Waals surface area contributed by atoms with E-state index in [9.17, 15) is 9.59 Å². The van der Waals surface area contributed by atoms with Gasteiger partial charge in [-0.3, -0.25) is 9.59 Å². The molecule has 2 aliphatic rings. The van der Waals surface area contributed by atoms with Gasteiger partial charge in [0.1, 0.15) is 5.76 Å². The zero-order valence-electron chi connectivity index (χ0n) is 14.2. The van der Waals surface area contributed by atoms with Gasteiger partial charge in [-0.05, 0) is 36.6 Å². The highest BCUT2D eigenvalue weighted by Gasteiger charge is 2.48. The van der Waals surface area contributed by atoms with Gasteiger partial charge in [-0.25, -0.2) is 0 Å². The monoisotopic (exact) mass is 338 g/mol. The van der Waals surface area contributed by atoms with Crippen LogP contribution in [0.5, 0.6) is 0 Å². The summed E-state index contributed by atoms with van der Waals surface area (Å²) in [4.78, 5) is 26.7. The van der Waals surface area contributed by atoms with Gasteiger partial charge in [-0.2, -0.15) is 0 Å². The average molecular weight is 338 g/mol. The van der Waals surface area contributed by atoms with Gasteiger partial charge in [-0.15, -0.1) is 0 Å². The van der Waals surface area contributed by atoms with Crippen molar-refractivity contribution in [1.29, 1.82) is 0 Å². The molecular weight excluding hydrogens is 316 g/mol. The Morgan fingerprint density at radius 3 is 2.68 bits per heavy atom. The number of rotatable bonds is 5. The Morgan fingerprint density at radius 1 is 1.28 bits per heavy atom. The second kappa shape index (κ2) is 6.97. The van der Waals surface area contributed by atoms with Crippen molar-refractivity contribution in [3.8, 4) is 0 Å². The summed E-state index contributed by atoms with van der Waals surface area (Å²) in [7, 11) is 0. The molecule has 0 atom stereocenters. The van der Waals surface area contributed by atoms with Crippen molar-refractivity contribution in [1.82, 2.24) is 4.90 Å². The third-order valence-electron chi connectivity index (χ3n) is 4.94. The molecule has 5 heteroatoms. The molecule has 0 unspecified atom stereocenters. The van der Waals surface area contributed by atoms with Gasteiger partial charge in [0.05, 0.1) is 5.41 Å². The number of para-hydroxylation sites is 1. The van der Waals surface area contributed by atoms with Gasteiger partial charge in [0, 0.05) is 18.8 Å². The van der Waals surface area contributed by atoms with Crippen molar-refractivity contribution in [2.45, 2.75) is 18.3 Å². The van der Waals surface area contributed by atoms with Crippen LogP contribution >= 0.6 is 0 Å². The Morgan fingerprint density at radius 2 is 2.00 bits per heavy atom. The molecule has 0 bridgehead atoms. The van der Waals surface area contributed by atoms with E-state index in [0.29, 0.717) is 31.7 Å². The normalized spacial score (nSPS) is 18.5. The predicted octanol–water partition coefficient (Wildman–Crippen LogP) is 2.77. The number of hydrogen-bond donors (Lipinski definition) is 1. The summed E-state index contributed by atoms with van der Waals surface area (Å²) >= 11 is 0. The number of benzene rings is 1. The Bertz CT molecular complexity index is 743. The summed E-state index contributed by atoms with van der Waals surface area (Å²) in [5.41, 5.74) is 1.43. The molecule has 0 aliphatic carbocycles. The summed E-state index contributed by atoms with van der Waals surface area (Å²) < 4.78 is 5.44. The van der Waals surface area contributed by atoms with Crippen molar-refractivity contribution in [3.63, 3.8) is 0 Å². The van der Waals surface area contributed by atoms with Gasteiger partial charge in [0.15, 0.2) is 6.61 Å². The molecule has 1 N–H and O–H groups in total. The van der Waals surface area contributed by atoms with Gasteiger partial charge < -0.3 is 15.0 Å². The van der Waals surface area contributed by atoms with Crippen molar-refractivity contribution < 1.29 is 14.3 Å². The van der Waals surface area contributed by atoms with Crippen molar-refractivity contribution in [2.24, 2.45) is 0 Å². The van der Waals surface area contributed by atoms with Crippen LogP contribution in [-0.2, 0) is 19.7 Å². The first-order chi connectivity index (χ1) is 12.1. The molecule has 2 aliphatic heterocycles. The van der Waals surface area contributed by atoms with Crippen LogP contribution in [-0.4, -0.2) is 36.4 Å². The van der Waals surface area contributed by atoms with Gasteiger partial charge in [0.25, 0.3) is 5.91 Å². The fourth-order valence-electron chi connectivity index (χ4n) is 3.54. The molecule has 25 heavy (non-hydrogen) atoms. The lowest BCUT2D eigenvalue weighted by atomic mass is 9.73. The van der Waals surface area contributed by atoms with E-state index in [-0.39, 0.29) is 18.4 Å². The maximum atomic E-state index is 12.5. The Kier molecular flexibility index (Phi) is 4.74. The summed E-state index contributed by atoms with van der Waals surface area (Å²) in [6.07, 6.45) is 6.03. The van der Waals surface area contributed by atoms with E-state index < -0.39 is 5.41 Å². The number of hydrogen-bond acceptors (Lipinski definition) is 3. The highest BCUT2D eigenvalue weighted by molar-refractivity contribution is 6.06. The van der Waals surface area contributed by atoms with Crippen LogP contribution in [0.15, 0.2) is 61.4 Å². The van der Waals surface area contributed by atoms with Crippen LogP contribution < -0.4 is 5.32 Å². The highest BCUT2D eigenvalue weighted by Crippen LogP contribution is 2.44. The van der Waals surface area contributed by atoms with Crippen molar-refractivity contribution in [2.75, 3.05) is 25.0 Å².